The second-order valence-electron chi connectivity index (χ2n) is 6.35. The van der Waals surface area contributed by atoms with Crippen molar-refractivity contribution >= 4 is 11.3 Å². The molecule has 0 unspecified atom stereocenters. The maximum Gasteiger partial charge on any atom is 0.119 e. The van der Waals surface area contributed by atoms with E-state index in [9.17, 15) is 0 Å². The van der Waals surface area contributed by atoms with Crippen molar-refractivity contribution in [3.8, 4) is 27.3 Å². The summed E-state index contributed by atoms with van der Waals surface area (Å²) in [6, 6.07) is 21.7. The van der Waals surface area contributed by atoms with Crippen LogP contribution in [0.2, 0.25) is 0 Å². The van der Waals surface area contributed by atoms with E-state index in [-0.39, 0.29) is 0 Å². The van der Waals surface area contributed by atoms with Crippen LogP contribution in [0, 0.1) is 0 Å². The maximum absolute atomic E-state index is 5.66. The highest BCUT2D eigenvalue weighted by molar-refractivity contribution is 7.15. The molecule has 0 aliphatic rings. The van der Waals surface area contributed by atoms with Crippen LogP contribution in [0.1, 0.15) is 31.6 Å². The number of unbranched alkanes of at least 4 members (excludes halogenated alkanes) is 1. The molecule has 1 nitrogen and oxygen atoms in total. The highest BCUT2D eigenvalue weighted by Crippen LogP contribution is 2.31. The smallest absolute Gasteiger partial charge is 0.119 e. The van der Waals surface area contributed by atoms with E-state index in [2.05, 4.69) is 55.5 Å². The molecule has 0 saturated heterocycles. The van der Waals surface area contributed by atoms with Gasteiger partial charge in [0.25, 0.3) is 0 Å². The van der Waals surface area contributed by atoms with E-state index < -0.39 is 0 Å². The lowest BCUT2D eigenvalue weighted by molar-refractivity contribution is 0.363. The number of thiophene rings is 1. The lowest BCUT2D eigenvalue weighted by atomic mass is 10.0. The minimum Gasteiger partial charge on any atom is -0.490 e. The van der Waals surface area contributed by atoms with Crippen LogP contribution in [0.5, 0.6) is 5.75 Å². The summed E-state index contributed by atoms with van der Waals surface area (Å²) in [5.74, 6) is 0.904. The summed E-state index contributed by atoms with van der Waals surface area (Å²) in [4.78, 5) is 2.84. The van der Waals surface area contributed by atoms with Gasteiger partial charge in [0, 0.05) is 9.75 Å². The van der Waals surface area contributed by atoms with E-state index >= 15 is 0 Å². The van der Waals surface area contributed by atoms with Crippen LogP contribution in [0.4, 0.5) is 0 Å². The molecule has 3 rings (SSSR count). The second-order valence-corrected chi connectivity index (χ2v) is 7.52. The first-order chi connectivity index (χ1) is 12.8. The van der Waals surface area contributed by atoms with E-state index in [1.165, 1.54) is 45.7 Å². The molecule has 0 fully saturated rings. The van der Waals surface area contributed by atoms with E-state index in [0.717, 1.165) is 5.75 Å². The quantitative estimate of drug-likeness (QED) is 0.380. The molecule has 0 spiro atoms. The van der Waals surface area contributed by atoms with Gasteiger partial charge in [-0.1, -0.05) is 61.9 Å². The molecule has 0 amide bonds. The van der Waals surface area contributed by atoms with Crippen molar-refractivity contribution in [3.05, 3.63) is 77.7 Å². The summed E-state index contributed by atoms with van der Waals surface area (Å²) in [6.07, 6.45) is 7.72. The molecule has 0 aliphatic carbocycles. The van der Waals surface area contributed by atoms with E-state index in [0.29, 0.717) is 6.61 Å². The third kappa shape index (κ3) is 4.86. The lowest BCUT2D eigenvalue weighted by Gasteiger charge is -2.06. The summed E-state index contributed by atoms with van der Waals surface area (Å²) < 4.78 is 5.66. The van der Waals surface area contributed by atoms with Gasteiger partial charge in [-0.2, -0.15) is 0 Å². The molecule has 2 aromatic carbocycles. The zero-order chi connectivity index (χ0) is 18.2. The third-order valence-electron chi connectivity index (χ3n) is 4.38. The van der Waals surface area contributed by atoms with Crippen LogP contribution in [-0.4, -0.2) is 6.61 Å². The molecule has 0 aliphatic heterocycles. The average molecular weight is 363 g/mol. The number of hydrogen-bond donors (Lipinski definition) is 0. The van der Waals surface area contributed by atoms with Gasteiger partial charge in [-0.3, -0.25) is 0 Å². The monoisotopic (exact) mass is 362 g/mol. The topological polar surface area (TPSA) is 9.23 Å². The Morgan fingerprint density at radius 3 is 2.15 bits per heavy atom. The molecule has 0 atom stereocenters. The summed E-state index contributed by atoms with van der Waals surface area (Å²) >= 11 is 1.92. The first-order valence-electron chi connectivity index (χ1n) is 9.33. The van der Waals surface area contributed by atoms with Crippen molar-refractivity contribution in [1.29, 1.82) is 0 Å². The van der Waals surface area contributed by atoms with Gasteiger partial charge < -0.3 is 4.74 Å². The van der Waals surface area contributed by atoms with Gasteiger partial charge in [0.1, 0.15) is 12.4 Å². The molecule has 0 bridgehead atoms. The molecule has 134 valence electrons. The number of aryl methyl sites for hydroxylation is 1. The first kappa shape index (κ1) is 18.5. The highest BCUT2D eigenvalue weighted by atomic mass is 32.1. The fraction of sp³-hybridized carbons (Fsp3) is 0.250. The van der Waals surface area contributed by atoms with Crippen LogP contribution in [-0.2, 0) is 6.42 Å². The molecular formula is C24H26OS. The van der Waals surface area contributed by atoms with Crippen molar-refractivity contribution < 1.29 is 4.74 Å². The van der Waals surface area contributed by atoms with Crippen molar-refractivity contribution in [1.82, 2.24) is 0 Å². The molecule has 1 heterocycles. The zero-order valence-electron chi connectivity index (χ0n) is 15.6. The Hall–Kier alpha value is -2.32. The van der Waals surface area contributed by atoms with E-state index in [1.807, 2.05) is 42.5 Å². The SMILES string of the molecule is C/C=C/COc1ccc(-c2ccc(-c3ccc(CCCC)s3)cc2)cc1. The number of ether oxygens (including phenoxy) is 1. The van der Waals surface area contributed by atoms with E-state index in [4.69, 9.17) is 4.74 Å². The predicted octanol–water partition coefficient (Wildman–Crippen LogP) is 7.38. The minimum absolute atomic E-state index is 0.617. The summed E-state index contributed by atoms with van der Waals surface area (Å²) in [6.45, 7) is 4.86. The molecule has 2 heteroatoms. The Morgan fingerprint density at radius 2 is 1.50 bits per heavy atom. The largest absolute Gasteiger partial charge is 0.490 e. The van der Waals surface area contributed by atoms with Gasteiger partial charge in [0.2, 0.25) is 0 Å². The molecule has 0 N–H and O–H groups in total. The second kappa shape index (κ2) is 9.40. The molecule has 0 saturated carbocycles. The van der Waals surface area contributed by atoms with Gasteiger partial charge in [-0.05, 0) is 60.7 Å². The van der Waals surface area contributed by atoms with Crippen LogP contribution in [0.3, 0.4) is 0 Å². The van der Waals surface area contributed by atoms with E-state index in [1.54, 1.807) is 0 Å². The van der Waals surface area contributed by atoms with Gasteiger partial charge in [-0.15, -0.1) is 11.3 Å². The Labute approximate surface area is 161 Å². The normalized spacial score (nSPS) is 11.2. The molecule has 0 radical (unpaired) electrons. The van der Waals surface area contributed by atoms with Crippen molar-refractivity contribution in [2.45, 2.75) is 33.1 Å². The number of benzene rings is 2. The fourth-order valence-corrected chi connectivity index (χ4v) is 3.88. The van der Waals surface area contributed by atoms with Gasteiger partial charge in [-0.25, -0.2) is 0 Å². The Kier molecular flexibility index (Phi) is 6.68. The minimum atomic E-state index is 0.617. The average Bonchev–Trinajstić information content (AvgIpc) is 3.16. The number of hydrogen-bond acceptors (Lipinski definition) is 2. The zero-order valence-corrected chi connectivity index (χ0v) is 16.4. The van der Waals surface area contributed by atoms with Gasteiger partial charge in [0.15, 0.2) is 0 Å². The summed E-state index contributed by atoms with van der Waals surface area (Å²) in [5.41, 5.74) is 3.74. The Bertz CT molecular complexity index is 825. The molecule has 1 aromatic heterocycles. The van der Waals surface area contributed by atoms with Crippen LogP contribution < -0.4 is 4.74 Å². The van der Waals surface area contributed by atoms with Crippen molar-refractivity contribution in [2.75, 3.05) is 6.61 Å². The van der Waals surface area contributed by atoms with Crippen molar-refractivity contribution in [3.63, 3.8) is 0 Å². The summed E-state index contributed by atoms with van der Waals surface area (Å²) in [7, 11) is 0. The third-order valence-corrected chi connectivity index (χ3v) is 5.57. The predicted molar refractivity (Wildman–Crippen MR) is 114 cm³/mol. The highest BCUT2D eigenvalue weighted by Gasteiger charge is 2.04. The van der Waals surface area contributed by atoms with Crippen molar-refractivity contribution in [2.24, 2.45) is 0 Å². The number of allylic oxidation sites excluding steroid dienone is 1. The fourth-order valence-electron chi connectivity index (χ4n) is 2.83. The van der Waals surface area contributed by atoms with Crippen LogP contribution in [0.15, 0.2) is 72.8 Å². The summed E-state index contributed by atoms with van der Waals surface area (Å²) in [5, 5.41) is 0. The standard InChI is InChI=1S/C24H26OS/c1-3-5-7-23-16-17-24(26-23)21-10-8-19(9-11-21)20-12-14-22(15-13-20)25-18-6-4-2/h4,6,8-17H,3,5,7,18H2,1-2H3/b6-4+. The lowest BCUT2D eigenvalue weighted by Crippen LogP contribution is -1.92. The Morgan fingerprint density at radius 1 is 0.846 bits per heavy atom. The maximum atomic E-state index is 5.66. The van der Waals surface area contributed by atoms with Gasteiger partial charge in [0.05, 0.1) is 0 Å². The number of rotatable bonds is 8. The Balaban J connectivity index is 1.68. The van der Waals surface area contributed by atoms with Crippen LogP contribution >= 0.6 is 11.3 Å². The molecule has 3 aromatic rings. The molecular weight excluding hydrogens is 336 g/mol. The first-order valence-corrected chi connectivity index (χ1v) is 10.2. The van der Waals surface area contributed by atoms with Gasteiger partial charge >= 0.3 is 0 Å². The molecule has 26 heavy (non-hydrogen) atoms. The van der Waals surface area contributed by atoms with Crippen LogP contribution in [0.25, 0.3) is 21.6 Å².